The number of thioether (sulfide) groups is 1. The molecular formula is C20H25NO3S. The van der Waals surface area contributed by atoms with E-state index in [2.05, 4.69) is 31.2 Å². The molecule has 0 saturated carbocycles. The van der Waals surface area contributed by atoms with Crippen LogP contribution in [-0.2, 0) is 11.3 Å². The molecule has 25 heavy (non-hydrogen) atoms. The van der Waals surface area contributed by atoms with Gasteiger partial charge in [-0.25, -0.2) is 0 Å². The number of nitrogens with zero attached hydrogens (tertiary/aromatic N) is 1. The molecule has 0 bridgehead atoms. The minimum atomic E-state index is -0.187. The first-order valence-electron chi connectivity index (χ1n) is 8.13. The largest absolute Gasteiger partial charge is 0.493 e. The van der Waals surface area contributed by atoms with Gasteiger partial charge < -0.3 is 14.4 Å². The highest BCUT2D eigenvalue weighted by Crippen LogP contribution is 2.33. The quantitative estimate of drug-likeness (QED) is 0.696. The van der Waals surface area contributed by atoms with Crippen molar-refractivity contribution in [2.24, 2.45) is 0 Å². The van der Waals surface area contributed by atoms with Crippen LogP contribution in [0.3, 0.4) is 0 Å². The van der Waals surface area contributed by atoms with E-state index in [1.807, 2.05) is 32.2 Å². The van der Waals surface area contributed by atoms with Crippen LogP contribution in [0.2, 0.25) is 0 Å². The van der Waals surface area contributed by atoms with Crippen molar-refractivity contribution < 1.29 is 14.3 Å². The minimum absolute atomic E-state index is 0.0976. The number of hydrogen-bond donors (Lipinski definition) is 0. The fourth-order valence-electron chi connectivity index (χ4n) is 2.50. The maximum Gasteiger partial charge on any atom is 0.235 e. The Bertz CT molecular complexity index is 715. The molecule has 0 aliphatic heterocycles. The molecule has 1 atom stereocenters. The van der Waals surface area contributed by atoms with Gasteiger partial charge in [0, 0.05) is 18.5 Å². The molecule has 2 aromatic carbocycles. The van der Waals surface area contributed by atoms with E-state index in [0.29, 0.717) is 18.0 Å². The average molecular weight is 359 g/mol. The zero-order chi connectivity index (χ0) is 18.4. The summed E-state index contributed by atoms with van der Waals surface area (Å²) in [5, 5.41) is -0.187. The van der Waals surface area contributed by atoms with Crippen LogP contribution in [0, 0.1) is 6.92 Å². The Balaban J connectivity index is 2.00. The van der Waals surface area contributed by atoms with E-state index in [1.54, 1.807) is 19.1 Å². The number of hydrogen-bond acceptors (Lipinski definition) is 4. The van der Waals surface area contributed by atoms with Crippen molar-refractivity contribution in [1.82, 2.24) is 4.90 Å². The van der Waals surface area contributed by atoms with Crippen LogP contribution in [-0.4, -0.2) is 37.3 Å². The Morgan fingerprint density at radius 1 is 1.08 bits per heavy atom. The van der Waals surface area contributed by atoms with E-state index >= 15 is 0 Å². The highest BCUT2D eigenvalue weighted by atomic mass is 32.2. The summed E-state index contributed by atoms with van der Waals surface area (Å²) in [7, 11) is 5.06. The van der Waals surface area contributed by atoms with Crippen LogP contribution in [0.15, 0.2) is 47.4 Å². The Labute approximate surface area is 154 Å². The van der Waals surface area contributed by atoms with E-state index in [4.69, 9.17) is 9.47 Å². The summed E-state index contributed by atoms with van der Waals surface area (Å²) in [5.74, 6) is 1.45. The van der Waals surface area contributed by atoms with Gasteiger partial charge in [-0.3, -0.25) is 4.79 Å². The van der Waals surface area contributed by atoms with Crippen LogP contribution < -0.4 is 9.47 Å². The first-order chi connectivity index (χ1) is 11.9. The fraction of sp³-hybridized carbons (Fsp3) is 0.350. The zero-order valence-corrected chi connectivity index (χ0v) is 16.2. The number of aryl methyl sites for hydroxylation is 1. The molecule has 0 spiro atoms. The van der Waals surface area contributed by atoms with Gasteiger partial charge in [0.05, 0.1) is 19.5 Å². The fourth-order valence-corrected chi connectivity index (χ4v) is 3.51. The normalized spacial score (nSPS) is 11.7. The molecule has 4 nitrogen and oxygen atoms in total. The number of carbonyl (C=O) groups is 1. The molecule has 2 aromatic rings. The molecule has 1 amide bonds. The van der Waals surface area contributed by atoms with Gasteiger partial charge in [-0.1, -0.05) is 29.8 Å². The third-order valence-electron chi connectivity index (χ3n) is 3.93. The van der Waals surface area contributed by atoms with Crippen molar-refractivity contribution in [2.45, 2.75) is 30.5 Å². The van der Waals surface area contributed by atoms with Crippen LogP contribution in [0.25, 0.3) is 0 Å². The second kappa shape index (κ2) is 8.81. The molecule has 0 aromatic heterocycles. The molecule has 0 fully saturated rings. The van der Waals surface area contributed by atoms with Gasteiger partial charge in [0.2, 0.25) is 5.91 Å². The third kappa shape index (κ3) is 5.16. The maximum atomic E-state index is 12.6. The van der Waals surface area contributed by atoms with Gasteiger partial charge in [0.15, 0.2) is 11.5 Å². The molecule has 2 rings (SSSR count). The molecule has 1 unspecified atom stereocenters. The maximum absolute atomic E-state index is 12.6. The van der Waals surface area contributed by atoms with Crippen LogP contribution in [0.4, 0.5) is 0 Å². The predicted molar refractivity (Wildman–Crippen MR) is 103 cm³/mol. The van der Waals surface area contributed by atoms with E-state index in [-0.39, 0.29) is 11.2 Å². The number of benzene rings is 2. The van der Waals surface area contributed by atoms with Gasteiger partial charge in [0.1, 0.15) is 0 Å². The van der Waals surface area contributed by atoms with E-state index < -0.39 is 0 Å². The highest BCUT2D eigenvalue weighted by molar-refractivity contribution is 8.00. The van der Waals surface area contributed by atoms with Crippen LogP contribution in [0.1, 0.15) is 18.1 Å². The molecule has 134 valence electrons. The molecular weight excluding hydrogens is 334 g/mol. The summed E-state index contributed by atoms with van der Waals surface area (Å²) in [6, 6.07) is 13.9. The number of rotatable bonds is 7. The Kier molecular flexibility index (Phi) is 6.76. The molecule has 0 aliphatic carbocycles. The van der Waals surface area contributed by atoms with Crippen LogP contribution >= 0.6 is 11.8 Å². The predicted octanol–water partition coefficient (Wildman–Crippen LogP) is 4.15. The Morgan fingerprint density at radius 2 is 1.72 bits per heavy atom. The lowest BCUT2D eigenvalue weighted by Gasteiger charge is -2.21. The van der Waals surface area contributed by atoms with Crippen molar-refractivity contribution in [3.05, 3.63) is 53.6 Å². The van der Waals surface area contributed by atoms with Crippen molar-refractivity contribution in [2.75, 3.05) is 21.3 Å². The highest BCUT2D eigenvalue weighted by Gasteiger charge is 2.19. The summed E-state index contributed by atoms with van der Waals surface area (Å²) in [6.45, 7) is 4.59. The van der Waals surface area contributed by atoms with Crippen molar-refractivity contribution in [3.8, 4) is 11.5 Å². The van der Waals surface area contributed by atoms with E-state index in [1.165, 1.54) is 17.3 Å². The number of amides is 1. The monoisotopic (exact) mass is 359 g/mol. The first kappa shape index (κ1) is 19.2. The van der Waals surface area contributed by atoms with E-state index in [9.17, 15) is 4.79 Å². The van der Waals surface area contributed by atoms with Gasteiger partial charge >= 0.3 is 0 Å². The second-order valence-corrected chi connectivity index (χ2v) is 7.37. The van der Waals surface area contributed by atoms with Gasteiger partial charge in [-0.15, -0.1) is 11.8 Å². The Morgan fingerprint density at radius 3 is 2.32 bits per heavy atom. The smallest absolute Gasteiger partial charge is 0.235 e. The molecule has 0 N–H and O–H groups in total. The standard InChI is InChI=1S/C20H25NO3S/c1-14-6-8-16(9-7-14)13-21(3)20(22)15(2)25-17-10-11-18(23-4)19(12-17)24-5/h6-12,15H,13H2,1-5H3. The average Bonchev–Trinajstić information content (AvgIpc) is 2.62. The molecule has 0 radical (unpaired) electrons. The number of methoxy groups -OCH3 is 2. The lowest BCUT2D eigenvalue weighted by molar-refractivity contribution is -0.129. The molecule has 0 heterocycles. The molecule has 0 aliphatic rings. The molecule has 5 heteroatoms. The van der Waals surface area contributed by atoms with Gasteiger partial charge in [-0.2, -0.15) is 0 Å². The lowest BCUT2D eigenvalue weighted by atomic mass is 10.1. The second-order valence-electron chi connectivity index (χ2n) is 5.96. The lowest BCUT2D eigenvalue weighted by Crippen LogP contribution is -2.32. The summed E-state index contributed by atoms with van der Waals surface area (Å²) in [4.78, 5) is 15.4. The third-order valence-corrected chi connectivity index (χ3v) is 5.01. The zero-order valence-electron chi connectivity index (χ0n) is 15.4. The van der Waals surface area contributed by atoms with Gasteiger partial charge in [0.25, 0.3) is 0 Å². The summed E-state index contributed by atoms with van der Waals surface area (Å²) in [6.07, 6.45) is 0. The van der Waals surface area contributed by atoms with E-state index in [0.717, 1.165) is 10.5 Å². The number of ether oxygens (including phenoxy) is 2. The number of carbonyl (C=O) groups excluding carboxylic acids is 1. The van der Waals surface area contributed by atoms with Crippen LogP contribution in [0.5, 0.6) is 11.5 Å². The van der Waals surface area contributed by atoms with Gasteiger partial charge in [-0.05, 0) is 37.6 Å². The summed E-state index contributed by atoms with van der Waals surface area (Å²) >= 11 is 1.51. The summed E-state index contributed by atoms with van der Waals surface area (Å²) in [5.41, 5.74) is 2.35. The first-order valence-corrected chi connectivity index (χ1v) is 9.01. The molecule has 0 saturated heterocycles. The van der Waals surface area contributed by atoms with Crippen molar-refractivity contribution in [1.29, 1.82) is 0 Å². The Hall–Kier alpha value is -2.14. The van der Waals surface area contributed by atoms with Crippen molar-refractivity contribution in [3.63, 3.8) is 0 Å². The SMILES string of the molecule is COc1ccc(SC(C)C(=O)N(C)Cc2ccc(C)cc2)cc1OC. The summed E-state index contributed by atoms with van der Waals surface area (Å²) < 4.78 is 10.6. The topological polar surface area (TPSA) is 38.8 Å². The van der Waals surface area contributed by atoms with Crippen molar-refractivity contribution >= 4 is 17.7 Å². The minimum Gasteiger partial charge on any atom is -0.493 e.